The fourth-order valence-electron chi connectivity index (χ4n) is 3.51. The lowest BCUT2D eigenvalue weighted by atomic mass is 10.1. The molecule has 0 fully saturated rings. The minimum absolute atomic E-state index is 0.215. The van der Waals surface area contributed by atoms with E-state index in [1.54, 1.807) is 12.1 Å². The Balaban J connectivity index is 1.74. The number of hydrogen-bond acceptors (Lipinski definition) is 6. The van der Waals surface area contributed by atoms with Gasteiger partial charge in [-0.15, -0.1) is 0 Å². The van der Waals surface area contributed by atoms with Gasteiger partial charge in [0, 0.05) is 37.6 Å². The SMILES string of the molecule is CCN1CCCN(C(=O)Nc2cncnc2)c2nc(-c3cncc(C(F)(F)F)c3)ccc21. The number of carbonyl (C=O) groups excluding carboxylic acids is 1. The van der Waals surface area contributed by atoms with E-state index in [9.17, 15) is 18.0 Å². The van der Waals surface area contributed by atoms with Gasteiger partial charge in [0.15, 0.2) is 5.82 Å². The molecule has 0 saturated carbocycles. The van der Waals surface area contributed by atoms with Gasteiger partial charge >= 0.3 is 12.2 Å². The molecule has 166 valence electrons. The van der Waals surface area contributed by atoms with Gasteiger partial charge in [0.25, 0.3) is 0 Å². The van der Waals surface area contributed by atoms with Gasteiger partial charge in [0.2, 0.25) is 0 Å². The summed E-state index contributed by atoms with van der Waals surface area (Å²) >= 11 is 0. The van der Waals surface area contributed by atoms with Gasteiger partial charge in [-0.3, -0.25) is 9.88 Å². The molecule has 0 spiro atoms. The third-order valence-electron chi connectivity index (χ3n) is 5.06. The molecule has 0 saturated heterocycles. The van der Waals surface area contributed by atoms with Gasteiger partial charge in [-0.25, -0.2) is 19.7 Å². The third kappa shape index (κ3) is 4.46. The molecule has 0 radical (unpaired) electrons. The van der Waals surface area contributed by atoms with Crippen molar-refractivity contribution in [2.75, 3.05) is 34.8 Å². The van der Waals surface area contributed by atoms with Gasteiger partial charge < -0.3 is 10.2 Å². The summed E-state index contributed by atoms with van der Waals surface area (Å²) in [5.41, 5.74) is 0.801. The van der Waals surface area contributed by atoms with E-state index in [0.717, 1.165) is 18.0 Å². The Bertz CT molecular complexity index is 1110. The van der Waals surface area contributed by atoms with E-state index in [1.807, 2.05) is 6.92 Å². The third-order valence-corrected chi connectivity index (χ3v) is 5.06. The summed E-state index contributed by atoms with van der Waals surface area (Å²) in [6.45, 7) is 3.79. The van der Waals surface area contributed by atoms with Crippen molar-refractivity contribution in [1.82, 2.24) is 19.9 Å². The second-order valence-electron chi connectivity index (χ2n) is 7.14. The standard InChI is InChI=1S/C21H20F3N7O/c1-2-30-6-3-7-31(20(32)28-16-11-26-13-27-12-16)19-18(30)5-4-17(29-19)14-8-15(10-25-9-14)21(22,23)24/h4-5,8-13H,2-3,6-7H2,1H3,(H,28,32). The van der Waals surface area contributed by atoms with E-state index in [2.05, 4.69) is 30.2 Å². The minimum Gasteiger partial charge on any atom is -0.369 e. The summed E-state index contributed by atoms with van der Waals surface area (Å²) in [6.07, 6.45) is 2.57. The molecule has 3 aromatic heterocycles. The molecule has 4 heterocycles. The van der Waals surface area contributed by atoms with Crippen molar-refractivity contribution in [3.8, 4) is 11.3 Å². The number of pyridine rings is 2. The minimum atomic E-state index is -4.52. The Kier molecular flexibility index (Phi) is 5.89. The number of carbonyl (C=O) groups is 1. The monoisotopic (exact) mass is 443 g/mol. The van der Waals surface area contributed by atoms with Crippen LogP contribution in [0.2, 0.25) is 0 Å². The number of aromatic nitrogens is 4. The molecule has 2 amide bonds. The predicted molar refractivity (Wildman–Crippen MR) is 113 cm³/mol. The Hall–Kier alpha value is -3.76. The summed E-state index contributed by atoms with van der Waals surface area (Å²) in [4.78, 5) is 32.7. The quantitative estimate of drug-likeness (QED) is 0.652. The molecule has 1 aliphatic heterocycles. The fourth-order valence-corrected chi connectivity index (χ4v) is 3.51. The van der Waals surface area contributed by atoms with E-state index < -0.39 is 17.8 Å². The molecule has 0 aliphatic carbocycles. The molecule has 0 atom stereocenters. The van der Waals surface area contributed by atoms with Gasteiger partial charge in [-0.05, 0) is 31.5 Å². The molecule has 0 aromatic carbocycles. The van der Waals surface area contributed by atoms with Crippen LogP contribution in [0.25, 0.3) is 11.3 Å². The van der Waals surface area contributed by atoms with Gasteiger partial charge in [0.05, 0.1) is 35.0 Å². The number of amides is 2. The van der Waals surface area contributed by atoms with Crippen LogP contribution in [0.1, 0.15) is 18.9 Å². The van der Waals surface area contributed by atoms with Gasteiger partial charge in [-0.2, -0.15) is 13.2 Å². The van der Waals surface area contributed by atoms with Crippen molar-refractivity contribution in [2.45, 2.75) is 19.5 Å². The van der Waals surface area contributed by atoms with E-state index in [1.165, 1.54) is 29.8 Å². The number of hydrogen-bond donors (Lipinski definition) is 1. The van der Waals surface area contributed by atoms with Crippen molar-refractivity contribution in [3.05, 3.63) is 54.9 Å². The van der Waals surface area contributed by atoms with Crippen molar-refractivity contribution < 1.29 is 18.0 Å². The summed E-state index contributed by atoms with van der Waals surface area (Å²) < 4.78 is 39.4. The van der Waals surface area contributed by atoms with E-state index in [0.29, 0.717) is 43.3 Å². The van der Waals surface area contributed by atoms with Crippen LogP contribution < -0.4 is 15.1 Å². The predicted octanol–water partition coefficient (Wildman–Crippen LogP) is 4.22. The Labute approximate surface area is 182 Å². The van der Waals surface area contributed by atoms with Crippen LogP contribution in [0.4, 0.5) is 35.2 Å². The maximum Gasteiger partial charge on any atom is 0.417 e. The largest absolute Gasteiger partial charge is 0.417 e. The highest BCUT2D eigenvalue weighted by atomic mass is 19.4. The lowest BCUT2D eigenvalue weighted by Crippen LogP contribution is -2.36. The number of rotatable bonds is 3. The number of halogens is 3. The second-order valence-corrected chi connectivity index (χ2v) is 7.14. The van der Waals surface area contributed by atoms with E-state index in [-0.39, 0.29) is 5.56 Å². The number of alkyl halides is 3. The molecule has 32 heavy (non-hydrogen) atoms. The number of fused-ring (bicyclic) bond motifs is 1. The van der Waals surface area contributed by atoms with E-state index in [4.69, 9.17) is 0 Å². The molecular formula is C21H20F3N7O. The molecular weight excluding hydrogens is 423 g/mol. The van der Waals surface area contributed by atoms with Crippen molar-refractivity contribution in [2.24, 2.45) is 0 Å². The molecule has 3 aromatic rings. The summed E-state index contributed by atoms with van der Waals surface area (Å²) in [5, 5.41) is 2.74. The number of anilines is 3. The summed E-state index contributed by atoms with van der Waals surface area (Å²) in [6, 6.07) is 4.00. The van der Waals surface area contributed by atoms with Crippen molar-refractivity contribution >= 4 is 23.2 Å². The highest BCUT2D eigenvalue weighted by Crippen LogP contribution is 2.35. The molecule has 4 rings (SSSR count). The van der Waals surface area contributed by atoms with Crippen LogP contribution in [-0.4, -0.2) is 45.6 Å². The summed E-state index contributed by atoms with van der Waals surface area (Å²) in [5.74, 6) is 0.369. The fraction of sp³-hybridized carbons (Fsp3) is 0.286. The maximum atomic E-state index is 13.1. The topological polar surface area (TPSA) is 87.1 Å². The van der Waals surface area contributed by atoms with Crippen LogP contribution >= 0.6 is 0 Å². The Morgan fingerprint density at radius 3 is 2.59 bits per heavy atom. The molecule has 8 nitrogen and oxygen atoms in total. The lowest BCUT2D eigenvalue weighted by Gasteiger charge is -2.25. The van der Waals surface area contributed by atoms with Crippen molar-refractivity contribution in [1.29, 1.82) is 0 Å². The number of urea groups is 1. The molecule has 11 heteroatoms. The van der Waals surface area contributed by atoms with Crippen LogP contribution in [-0.2, 0) is 6.18 Å². The first-order valence-electron chi connectivity index (χ1n) is 9.99. The lowest BCUT2D eigenvalue weighted by molar-refractivity contribution is -0.137. The molecule has 1 aliphatic rings. The molecule has 0 unspecified atom stereocenters. The van der Waals surface area contributed by atoms with Crippen LogP contribution in [0.3, 0.4) is 0 Å². The second kappa shape index (κ2) is 8.77. The smallest absolute Gasteiger partial charge is 0.369 e. The maximum absolute atomic E-state index is 13.1. The van der Waals surface area contributed by atoms with Crippen molar-refractivity contribution in [3.63, 3.8) is 0 Å². The highest BCUT2D eigenvalue weighted by molar-refractivity contribution is 6.03. The normalized spacial score (nSPS) is 14.0. The van der Waals surface area contributed by atoms with Crippen LogP contribution in [0.5, 0.6) is 0 Å². The zero-order valence-electron chi connectivity index (χ0n) is 17.2. The molecule has 0 bridgehead atoms. The average molecular weight is 443 g/mol. The summed E-state index contributed by atoms with van der Waals surface area (Å²) in [7, 11) is 0. The van der Waals surface area contributed by atoms with Gasteiger partial charge in [0.1, 0.15) is 6.33 Å². The van der Waals surface area contributed by atoms with Gasteiger partial charge in [-0.1, -0.05) is 0 Å². The highest BCUT2D eigenvalue weighted by Gasteiger charge is 2.32. The zero-order chi connectivity index (χ0) is 22.7. The first kappa shape index (κ1) is 21.5. The first-order chi connectivity index (χ1) is 15.4. The first-order valence-corrected chi connectivity index (χ1v) is 9.99. The zero-order valence-corrected chi connectivity index (χ0v) is 17.2. The van der Waals surface area contributed by atoms with E-state index >= 15 is 0 Å². The van der Waals surface area contributed by atoms with Crippen LogP contribution in [0, 0.1) is 0 Å². The Morgan fingerprint density at radius 2 is 1.88 bits per heavy atom. The van der Waals surface area contributed by atoms with Crippen LogP contribution in [0.15, 0.2) is 49.3 Å². The number of nitrogens with zero attached hydrogens (tertiary/aromatic N) is 6. The molecule has 1 N–H and O–H groups in total. The Morgan fingerprint density at radius 1 is 1.09 bits per heavy atom. The number of nitrogens with one attached hydrogen (secondary N) is 1. The average Bonchev–Trinajstić information content (AvgIpc) is 2.98.